The molecule has 4 aliphatic rings. The van der Waals surface area contributed by atoms with Gasteiger partial charge in [-0.05, 0) is 31.9 Å². The zero-order valence-electron chi connectivity index (χ0n) is 12.9. The molecule has 0 amide bonds. The number of hydrogen-bond donors (Lipinski definition) is 3. The van der Waals surface area contributed by atoms with Crippen molar-refractivity contribution < 1.29 is 29.6 Å². The molecule has 0 aromatic heterocycles. The van der Waals surface area contributed by atoms with Gasteiger partial charge in [-0.15, -0.1) is 0 Å². The van der Waals surface area contributed by atoms with Crippen LogP contribution in [0.5, 0.6) is 0 Å². The first-order valence-corrected chi connectivity index (χ1v) is 7.79. The number of Topliss-reactive ketones (excluding diaryl/α,β-unsaturated/α-hetero) is 1. The highest BCUT2D eigenvalue weighted by molar-refractivity contribution is 6.00. The lowest BCUT2D eigenvalue weighted by Gasteiger charge is -2.58. The number of aliphatic hydroxyl groups excluding tert-OH is 3. The zero-order chi connectivity index (χ0) is 16.1. The zero-order valence-corrected chi connectivity index (χ0v) is 12.9. The van der Waals surface area contributed by atoms with E-state index in [0.717, 1.165) is 0 Å². The average Bonchev–Trinajstić information content (AvgIpc) is 3.10. The van der Waals surface area contributed by atoms with E-state index >= 15 is 0 Å². The molecule has 1 spiro atoms. The minimum Gasteiger partial charge on any atom is -0.396 e. The van der Waals surface area contributed by atoms with Crippen LogP contribution in [-0.4, -0.2) is 63.8 Å². The Morgan fingerprint density at radius 2 is 2.05 bits per heavy atom. The minimum absolute atomic E-state index is 0.140. The van der Waals surface area contributed by atoms with E-state index < -0.39 is 53.2 Å². The van der Waals surface area contributed by atoms with Gasteiger partial charge < -0.3 is 24.8 Å². The maximum Gasteiger partial charge on any atom is 0.187 e. The fourth-order valence-electron chi connectivity index (χ4n) is 5.51. The van der Waals surface area contributed by atoms with E-state index in [1.165, 1.54) is 0 Å². The van der Waals surface area contributed by atoms with E-state index in [1.54, 1.807) is 13.0 Å². The van der Waals surface area contributed by atoms with Crippen molar-refractivity contribution in [3.63, 3.8) is 0 Å². The van der Waals surface area contributed by atoms with Gasteiger partial charge in [-0.1, -0.05) is 6.92 Å². The molecule has 0 radical (unpaired) electrons. The van der Waals surface area contributed by atoms with Crippen molar-refractivity contribution in [2.75, 3.05) is 6.61 Å². The molecular weight excluding hydrogens is 288 g/mol. The largest absolute Gasteiger partial charge is 0.396 e. The third-order valence-electron chi connectivity index (χ3n) is 6.79. The van der Waals surface area contributed by atoms with E-state index in [-0.39, 0.29) is 6.10 Å². The molecular formula is C16H22O6. The first-order chi connectivity index (χ1) is 10.3. The van der Waals surface area contributed by atoms with E-state index in [4.69, 9.17) is 9.47 Å². The number of carbonyl (C=O) groups excluding carboxylic acids is 1. The van der Waals surface area contributed by atoms with Crippen LogP contribution in [0.3, 0.4) is 0 Å². The fourth-order valence-corrected chi connectivity index (χ4v) is 5.51. The summed E-state index contributed by atoms with van der Waals surface area (Å²) in [6, 6.07) is 0. The predicted molar refractivity (Wildman–Crippen MR) is 75.0 cm³/mol. The number of carbonyl (C=O) groups is 1. The first kappa shape index (κ1) is 14.8. The summed E-state index contributed by atoms with van der Waals surface area (Å²) in [6.07, 6.45) is -1.35. The van der Waals surface area contributed by atoms with Crippen molar-refractivity contribution in [3.8, 4) is 0 Å². The van der Waals surface area contributed by atoms with Gasteiger partial charge in [0, 0.05) is 5.41 Å². The van der Waals surface area contributed by atoms with Gasteiger partial charge in [0.1, 0.15) is 17.8 Å². The lowest BCUT2D eigenvalue weighted by Crippen LogP contribution is -2.70. The van der Waals surface area contributed by atoms with Gasteiger partial charge in [0.05, 0.1) is 30.3 Å². The normalized spacial score (nSPS) is 59.5. The summed E-state index contributed by atoms with van der Waals surface area (Å²) in [4.78, 5) is 12.4. The van der Waals surface area contributed by atoms with Crippen molar-refractivity contribution in [3.05, 3.63) is 11.6 Å². The van der Waals surface area contributed by atoms with Crippen molar-refractivity contribution in [2.24, 2.45) is 10.8 Å². The van der Waals surface area contributed by atoms with Gasteiger partial charge >= 0.3 is 0 Å². The third kappa shape index (κ3) is 1.22. The Balaban J connectivity index is 1.95. The summed E-state index contributed by atoms with van der Waals surface area (Å²) < 4.78 is 11.9. The van der Waals surface area contributed by atoms with Gasteiger partial charge in [-0.25, -0.2) is 0 Å². The lowest BCUT2D eigenvalue weighted by molar-refractivity contribution is -0.244. The van der Waals surface area contributed by atoms with E-state index in [1.807, 2.05) is 13.8 Å². The van der Waals surface area contributed by atoms with Crippen molar-refractivity contribution >= 4 is 5.78 Å². The Kier molecular flexibility index (Phi) is 2.68. The molecule has 2 aliphatic heterocycles. The molecule has 122 valence electrons. The van der Waals surface area contributed by atoms with Crippen LogP contribution in [0, 0.1) is 10.8 Å². The van der Waals surface area contributed by atoms with Crippen LogP contribution in [-0.2, 0) is 14.3 Å². The van der Waals surface area contributed by atoms with Crippen LogP contribution in [0.15, 0.2) is 11.6 Å². The van der Waals surface area contributed by atoms with E-state index in [0.29, 0.717) is 12.0 Å². The van der Waals surface area contributed by atoms with Gasteiger partial charge in [0.25, 0.3) is 0 Å². The maximum absolute atomic E-state index is 12.4. The quantitative estimate of drug-likeness (QED) is 0.567. The second-order valence-electron chi connectivity index (χ2n) is 7.45. The highest BCUT2D eigenvalue weighted by atomic mass is 16.7. The number of ketones is 1. The molecule has 2 aliphatic carbocycles. The van der Waals surface area contributed by atoms with E-state index in [2.05, 4.69) is 0 Å². The number of fused-ring (bicyclic) bond motifs is 2. The Labute approximate surface area is 128 Å². The smallest absolute Gasteiger partial charge is 0.187 e. The Hall–Kier alpha value is -0.790. The molecule has 2 heterocycles. The molecule has 2 bridgehead atoms. The van der Waals surface area contributed by atoms with Crippen LogP contribution >= 0.6 is 0 Å². The monoisotopic (exact) mass is 310 g/mol. The predicted octanol–water partition coefficient (Wildman–Crippen LogP) is -0.449. The van der Waals surface area contributed by atoms with Gasteiger partial charge in [-0.3, -0.25) is 4.79 Å². The molecule has 22 heavy (non-hydrogen) atoms. The summed E-state index contributed by atoms with van der Waals surface area (Å²) in [5.74, 6) is -0.390. The van der Waals surface area contributed by atoms with Crippen LogP contribution in [0.1, 0.15) is 27.2 Å². The second-order valence-corrected chi connectivity index (χ2v) is 7.45. The summed E-state index contributed by atoms with van der Waals surface area (Å²) in [5, 5.41) is 31.4. The molecule has 3 N–H and O–H groups in total. The van der Waals surface area contributed by atoms with Crippen LogP contribution in [0.2, 0.25) is 0 Å². The topological polar surface area (TPSA) is 99.5 Å². The highest BCUT2D eigenvalue weighted by Crippen LogP contribution is 2.73. The van der Waals surface area contributed by atoms with E-state index in [9.17, 15) is 20.1 Å². The van der Waals surface area contributed by atoms with Crippen LogP contribution in [0.4, 0.5) is 0 Å². The Morgan fingerprint density at radius 3 is 2.59 bits per heavy atom. The molecule has 8 atom stereocenters. The van der Waals surface area contributed by atoms with Crippen LogP contribution in [0.25, 0.3) is 0 Å². The molecule has 0 aromatic rings. The van der Waals surface area contributed by atoms with Gasteiger partial charge in [0.15, 0.2) is 5.78 Å². The SMILES string of the molecule is CC1=C[C@H]2O[C@@H]3[C@H](O)C[C@](C)([C@@]2(CO)[C@H](O)C1=O)[C@@]31O[C@@H]1C. The summed E-state index contributed by atoms with van der Waals surface area (Å²) in [6.45, 7) is 5.03. The summed E-state index contributed by atoms with van der Waals surface area (Å²) in [5.41, 5.74) is -2.25. The highest BCUT2D eigenvalue weighted by Gasteiger charge is 2.85. The number of ether oxygens (including phenoxy) is 2. The number of rotatable bonds is 1. The molecule has 3 fully saturated rings. The van der Waals surface area contributed by atoms with Crippen molar-refractivity contribution in [1.29, 1.82) is 0 Å². The first-order valence-electron chi connectivity index (χ1n) is 7.79. The standard InChI is InChI=1S/C16H22O6/c1-7-4-10-15(6-17,12(20)11(7)19)14(3)5-9(18)13(21-10)16(14)8(2)22-16/h4,8-10,12-13,17-18,20H,5-6H2,1-3H3/t8-,9-,10-,12-,13-,14-,15-,16+/m1/s1. The number of hydrogen-bond acceptors (Lipinski definition) is 6. The fraction of sp³-hybridized carbons (Fsp3) is 0.812. The van der Waals surface area contributed by atoms with Gasteiger partial charge in [0.2, 0.25) is 0 Å². The molecule has 0 aromatic carbocycles. The molecule has 1 saturated carbocycles. The summed E-state index contributed by atoms with van der Waals surface area (Å²) in [7, 11) is 0. The molecule has 6 nitrogen and oxygen atoms in total. The van der Waals surface area contributed by atoms with Crippen molar-refractivity contribution in [2.45, 2.75) is 63.3 Å². The molecule has 0 unspecified atom stereocenters. The Bertz CT molecular complexity index is 587. The third-order valence-corrected chi connectivity index (χ3v) is 6.79. The van der Waals surface area contributed by atoms with Crippen LogP contribution < -0.4 is 0 Å². The average molecular weight is 310 g/mol. The molecule has 2 saturated heterocycles. The molecule has 4 rings (SSSR count). The molecule has 6 heteroatoms. The Morgan fingerprint density at radius 1 is 1.41 bits per heavy atom. The van der Waals surface area contributed by atoms with Crippen molar-refractivity contribution in [1.82, 2.24) is 0 Å². The number of epoxide rings is 1. The lowest BCUT2D eigenvalue weighted by atomic mass is 9.50. The minimum atomic E-state index is -1.36. The maximum atomic E-state index is 12.4. The number of aliphatic hydroxyl groups is 3. The van der Waals surface area contributed by atoms with Gasteiger partial charge in [-0.2, -0.15) is 0 Å². The second kappa shape index (κ2) is 3.99. The summed E-state index contributed by atoms with van der Waals surface area (Å²) >= 11 is 0.